The molecule has 0 heterocycles. The second-order valence-electron chi connectivity index (χ2n) is 4.72. The molecule has 0 aliphatic carbocycles. The maximum absolute atomic E-state index is 12.8. The molecule has 0 saturated heterocycles. The maximum Gasteiger partial charge on any atom is 0.123 e. The standard InChI is InChI=1S/C14H22FN/c1-11(2)5-4-6-14(16-3)12-7-9-13(15)10-8-12/h7-11,14,16H,4-6H2,1-3H3. The average Bonchev–Trinajstić information content (AvgIpc) is 2.26. The summed E-state index contributed by atoms with van der Waals surface area (Å²) in [6, 6.07) is 7.14. The molecular weight excluding hydrogens is 201 g/mol. The van der Waals surface area contributed by atoms with Gasteiger partial charge in [0, 0.05) is 6.04 Å². The number of hydrogen-bond acceptors (Lipinski definition) is 1. The Kier molecular flexibility index (Phi) is 5.47. The van der Waals surface area contributed by atoms with Gasteiger partial charge in [-0.05, 0) is 37.1 Å². The molecule has 90 valence electrons. The summed E-state index contributed by atoms with van der Waals surface area (Å²) in [7, 11) is 1.96. The van der Waals surface area contributed by atoms with Crippen LogP contribution in [-0.2, 0) is 0 Å². The van der Waals surface area contributed by atoms with Crippen molar-refractivity contribution in [2.75, 3.05) is 7.05 Å². The Labute approximate surface area is 98.1 Å². The number of nitrogens with one attached hydrogen (secondary N) is 1. The number of rotatable bonds is 6. The van der Waals surface area contributed by atoms with E-state index in [0.717, 1.165) is 12.3 Å². The molecule has 0 aromatic heterocycles. The summed E-state index contributed by atoms with van der Waals surface area (Å²) in [6.07, 6.45) is 3.57. The zero-order valence-corrected chi connectivity index (χ0v) is 10.5. The molecule has 0 radical (unpaired) electrons. The fourth-order valence-electron chi connectivity index (χ4n) is 1.90. The summed E-state index contributed by atoms with van der Waals surface area (Å²) in [5, 5.41) is 3.29. The minimum absolute atomic E-state index is 0.166. The summed E-state index contributed by atoms with van der Waals surface area (Å²) in [4.78, 5) is 0. The van der Waals surface area contributed by atoms with Crippen molar-refractivity contribution < 1.29 is 4.39 Å². The highest BCUT2D eigenvalue weighted by Crippen LogP contribution is 2.20. The molecule has 1 aromatic carbocycles. The maximum atomic E-state index is 12.8. The third kappa shape index (κ3) is 4.31. The minimum Gasteiger partial charge on any atom is -0.313 e. The zero-order valence-electron chi connectivity index (χ0n) is 10.5. The van der Waals surface area contributed by atoms with Crippen molar-refractivity contribution in [3.05, 3.63) is 35.6 Å². The van der Waals surface area contributed by atoms with Crippen LogP contribution in [0.1, 0.15) is 44.7 Å². The lowest BCUT2D eigenvalue weighted by Crippen LogP contribution is -2.16. The highest BCUT2D eigenvalue weighted by Gasteiger charge is 2.08. The summed E-state index contributed by atoms with van der Waals surface area (Å²) < 4.78 is 12.8. The summed E-state index contributed by atoms with van der Waals surface area (Å²) in [5.41, 5.74) is 1.17. The molecule has 0 amide bonds. The van der Waals surface area contributed by atoms with Gasteiger partial charge >= 0.3 is 0 Å². The van der Waals surface area contributed by atoms with Crippen LogP contribution in [0.4, 0.5) is 4.39 Å². The molecule has 1 nitrogen and oxygen atoms in total. The lowest BCUT2D eigenvalue weighted by molar-refractivity contribution is 0.470. The van der Waals surface area contributed by atoms with Gasteiger partial charge in [-0.25, -0.2) is 4.39 Å². The summed E-state index contributed by atoms with van der Waals surface area (Å²) in [6.45, 7) is 4.48. The summed E-state index contributed by atoms with van der Waals surface area (Å²) >= 11 is 0. The number of hydrogen-bond donors (Lipinski definition) is 1. The minimum atomic E-state index is -0.166. The van der Waals surface area contributed by atoms with Crippen molar-refractivity contribution in [1.29, 1.82) is 0 Å². The van der Waals surface area contributed by atoms with Crippen LogP contribution in [0, 0.1) is 11.7 Å². The first kappa shape index (κ1) is 13.2. The van der Waals surface area contributed by atoms with E-state index in [-0.39, 0.29) is 5.82 Å². The van der Waals surface area contributed by atoms with Crippen LogP contribution in [0.3, 0.4) is 0 Å². The molecule has 16 heavy (non-hydrogen) atoms. The van der Waals surface area contributed by atoms with Gasteiger partial charge in [-0.15, -0.1) is 0 Å². The van der Waals surface area contributed by atoms with E-state index < -0.39 is 0 Å². The predicted molar refractivity (Wildman–Crippen MR) is 66.9 cm³/mol. The van der Waals surface area contributed by atoms with Crippen LogP contribution >= 0.6 is 0 Å². The van der Waals surface area contributed by atoms with Gasteiger partial charge in [0.25, 0.3) is 0 Å². The first-order valence-corrected chi connectivity index (χ1v) is 6.06. The molecule has 1 unspecified atom stereocenters. The van der Waals surface area contributed by atoms with Crippen molar-refractivity contribution in [2.45, 2.75) is 39.2 Å². The average molecular weight is 223 g/mol. The Balaban J connectivity index is 2.50. The Hall–Kier alpha value is -0.890. The second-order valence-corrected chi connectivity index (χ2v) is 4.72. The molecule has 0 bridgehead atoms. The first-order valence-electron chi connectivity index (χ1n) is 6.06. The van der Waals surface area contributed by atoms with Crippen molar-refractivity contribution in [3.8, 4) is 0 Å². The first-order chi connectivity index (χ1) is 7.63. The van der Waals surface area contributed by atoms with E-state index >= 15 is 0 Å². The Bertz CT molecular complexity index is 292. The Morgan fingerprint density at radius 3 is 2.25 bits per heavy atom. The fourth-order valence-corrected chi connectivity index (χ4v) is 1.90. The van der Waals surface area contributed by atoms with Crippen LogP contribution in [-0.4, -0.2) is 7.05 Å². The molecule has 0 spiro atoms. The van der Waals surface area contributed by atoms with Gasteiger partial charge in [-0.2, -0.15) is 0 Å². The van der Waals surface area contributed by atoms with Crippen LogP contribution in [0.25, 0.3) is 0 Å². The molecule has 2 heteroatoms. The normalized spacial score (nSPS) is 13.1. The van der Waals surface area contributed by atoms with Crippen molar-refractivity contribution in [2.24, 2.45) is 5.92 Å². The van der Waals surface area contributed by atoms with Crippen molar-refractivity contribution >= 4 is 0 Å². The zero-order chi connectivity index (χ0) is 12.0. The molecule has 0 aliphatic rings. The highest BCUT2D eigenvalue weighted by atomic mass is 19.1. The molecular formula is C14H22FN. The van der Waals surface area contributed by atoms with E-state index in [0.29, 0.717) is 6.04 Å². The summed E-state index contributed by atoms with van der Waals surface area (Å²) in [5.74, 6) is 0.589. The molecule has 1 atom stereocenters. The van der Waals surface area contributed by atoms with E-state index in [1.807, 2.05) is 19.2 Å². The van der Waals surface area contributed by atoms with Crippen LogP contribution in [0.5, 0.6) is 0 Å². The van der Waals surface area contributed by atoms with E-state index in [2.05, 4.69) is 19.2 Å². The lowest BCUT2D eigenvalue weighted by atomic mass is 9.98. The SMILES string of the molecule is CNC(CCCC(C)C)c1ccc(F)cc1. The largest absolute Gasteiger partial charge is 0.313 e. The smallest absolute Gasteiger partial charge is 0.123 e. The van der Waals surface area contributed by atoms with Gasteiger partial charge in [0.1, 0.15) is 5.82 Å². The highest BCUT2D eigenvalue weighted by molar-refractivity contribution is 5.19. The van der Waals surface area contributed by atoms with Crippen molar-refractivity contribution in [1.82, 2.24) is 5.32 Å². The number of halogens is 1. The molecule has 0 aliphatic heterocycles. The van der Waals surface area contributed by atoms with E-state index in [1.54, 1.807) is 0 Å². The molecule has 0 saturated carbocycles. The Morgan fingerprint density at radius 2 is 1.75 bits per heavy atom. The van der Waals surface area contributed by atoms with Crippen LogP contribution < -0.4 is 5.32 Å². The number of benzene rings is 1. The fraction of sp³-hybridized carbons (Fsp3) is 0.571. The third-order valence-corrected chi connectivity index (χ3v) is 2.90. The third-order valence-electron chi connectivity index (χ3n) is 2.90. The van der Waals surface area contributed by atoms with Gasteiger partial charge < -0.3 is 5.32 Å². The monoisotopic (exact) mass is 223 g/mol. The van der Waals surface area contributed by atoms with Gasteiger partial charge in [-0.1, -0.05) is 38.8 Å². The lowest BCUT2D eigenvalue weighted by Gasteiger charge is -2.17. The van der Waals surface area contributed by atoms with Crippen LogP contribution in [0.15, 0.2) is 24.3 Å². The molecule has 0 fully saturated rings. The predicted octanol–water partition coefficient (Wildman–Crippen LogP) is 3.91. The molecule has 1 rings (SSSR count). The molecule has 1 N–H and O–H groups in total. The second kappa shape index (κ2) is 6.64. The van der Waals surface area contributed by atoms with E-state index in [9.17, 15) is 4.39 Å². The van der Waals surface area contributed by atoms with E-state index in [4.69, 9.17) is 0 Å². The Morgan fingerprint density at radius 1 is 1.12 bits per heavy atom. The molecule has 1 aromatic rings. The van der Waals surface area contributed by atoms with Gasteiger partial charge in [0.2, 0.25) is 0 Å². The van der Waals surface area contributed by atoms with Gasteiger partial charge in [-0.3, -0.25) is 0 Å². The quantitative estimate of drug-likeness (QED) is 0.771. The topological polar surface area (TPSA) is 12.0 Å². The van der Waals surface area contributed by atoms with Gasteiger partial charge in [0.15, 0.2) is 0 Å². The van der Waals surface area contributed by atoms with Crippen molar-refractivity contribution in [3.63, 3.8) is 0 Å². The van der Waals surface area contributed by atoms with E-state index in [1.165, 1.54) is 30.5 Å². The van der Waals surface area contributed by atoms with Gasteiger partial charge in [0.05, 0.1) is 0 Å². The van der Waals surface area contributed by atoms with Crippen LogP contribution in [0.2, 0.25) is 0 Å².